The summed E-state index contributed by atoms with van der Waals surface area (Å²) < 4.78 is 34.5. The van der Waals surface area contributed by atoms with Crippen molar-refractivity contribution >= 4 is 11.8 Å². The highest BCUT2D eigenvalue weighted by Crippen LogP contribution is 2.20. The van der Waals surface area contributed by atoms with Gasteiger partial charge in [-0.15, -0.1) is 10.2 Å². The molecule has 19 heavy (non-hydrogen) atoms. The number of methoxy groups -OCH3 is 1. The highest BCUT2D eigenvalue weighted by atomic mass is 32.2. The van der Waals surface area contributed by atoms with Gasteiger partial charge in [0.15, 0.2) is 0 Å². The maximum atomic E-state index is 12.0. The monoisotopic (exact) mass is 286 g/mol. The first-order chi connectivity index (χ1) is 9.17. The molecule has 0 atom stereocenters. The number of hydrogen-bond donors (Lipinski definition) is 0. The molecule has 0 bridgehead atoms. The van der Waals surface area contributed by atoms with Gasteiger partial charge < -0.3 is 9.15 Å². The van der Waals surface area contributed by atoms with E-state index in [1.54, 1.807) is 7.11 Å². The molecule has 0 saturated carbocycles. The Labute approximate surface area is 113 Å². The van der Waals surface area contributed by atoms with E-state index in [4.69, 9.17) is 9.15 Å². The molecular formula is C12H12F2N2O2S. The first-order valence-electron chi connectivity index (χ1n) is 5.53. The standard InChI is InChI=1S/C12H12F2N2O2S/c1-17-9-4-2-3-8(5-9)6-11-15-16-12(18-11)19-7-10(13)14/h2-5,10H,6-7H2,1H3. The summed E-state index contributed by atoms with van der Waals surface area (Å²) in [5.74, 6) is 0.787. The number of halogens is 2. The van der Waals surface area contributed by atoms with Gasteiger partial charge in [-0.05, 0) is 17.7 Å². The van der Waals surface area contributed by atoms with Crippen LogP contribution in [0.1, 0.15) is 11.5 Å². The van der Waals surface area contributed by atoms with E-state index in [-0.39, 0.29) is 11.0 Å². The summed E-state index contributed by atoms with van der Waals surface area (Å²) in [6.07, 6.45) is -1.95. The summed E-state index contributed by atoms with van der Waals surface area (Å²) in [7, 11) is 1.59. The van der Waals surface area contributed by atoms with Gasteiger partial charge in [-0.25, -0.2) is 8.78 Å². The van der Waals surface area contributed by atoms with Crippen molar-refractivity contribution in [3.05, 3.63) is 35.7 Å². The lowest BCUT2D eigenvalue weighted by Crippen LogP contribution is -1.92. The van der Waals surface area contributed by atoms with Crippen LogP contribution in [0.2, 0.25) is 0 Å². The van der Waals surface area contributed by atoms with Crippen LogP contribution >= 0.6 is 11.8 Å². The molecule has 0 unspecified atom stereocenters. The van der Waals surface area contributed by atoms with Gasteiger partial charge in [-0.3, -0.25) is 0 Å². The lowest BCUT2D eigenvalue weighted by atomic mass is 10.1. The second-order valence-electron chi connectivity index (χ2n) is 3.69. The minimum atomic E-state index is -2.39. The van der Waals surface area contributed by atoms with E-state index >= 15 is 0 Å². The van der Waals surface area contributed by atoms with Crippen molar-refractivity contribution in [3.8, 4) is 5.75 Å². The zero-order valence-electron chi connectivity index (χ0n) is 10.2. The largest absolute Gasteiger partial charge is 0.497 e. The summed E-state index contributed by atoms with van der Waals surface area (Å²) in [6, 6.07) is 7.45. The fourth-order valence-corrected chi connectivity index (χ4v) is 1.98. The van der Waals surface area contributed by atoms with Gasteiger partial charge >= 0.3 is 0 Å². The van der Waals surface area contributed by atoms with E-state index in [0.29, 0.717) is 12.3 Å². The summed E-state index contributed by atoms with van der Waals surface area (Å²) in [4.78, 5) is 0. The highest BCUT2D eigenvalue weighted by molar-refractivity contribution is 7.99. The van der Waals surface area contributed by atoms with E-state index in [1.807, 2.05) is 24.3 Å². The van der Waals surface area contributed by atoms with Gasteiger partial charge in [0.25, 0.3) is 5.22 Å². The topological polar surface area (TPSA) is 48.2 Å². The Morgan fingerprint density at radius 3 is 2.95 bits per heavy atom. The van der Waals surface area contributed by atoms with Crippen molar-refractivity contribution in [1.29, 1.82) is 0 Å². The predicted octanol–water partition coefficient (Wildman–Crippen LogP) is 3.03. The Hall–Kier alpha value is -1.63. The summed E-state index contributed by atoms with van der Waals surface area (Å²) in [6.45, 7) is 0. The molecule has 102 valence electrons. The van der Waals surface area contributed by atoms with Crippen molar-refractivity contribution < 1.29 is 17.9 Å². The second kappa shape index (κ2) is 6.51. The number of benzene rings is 1. The first kappa shape index (κ1) is 13.8. The number of hydrogen-bond acceptors (Lipinski definition) is 5. The van der Waals surface area contributed by atoms with Crippen LogP contribution in [-0.4, -0.2) is 29.5 Å². The quantitative estimate of drug-likeness (QED) is 0.764. The third-order valence-electron chi connectivity index (χ3n) is 2.27. The first-order valence-corrected chi connectivity index (χ1v) is 6.52. The van der Waals surface area contributed by atoms with Crippen molar-refractivity contribution in [2.75, 3.05) is 12.9 Å². The fraction of sp³-hybridized carbons (Fsp3) is 0.333. The summed E-state index contributed by atoms with van der Waals surface area (Å²) in [5, 5.41) is 7.70. The van der Waals surface area contributed by atoms with Gasteiger partial charge in [-0.2, -0.15) is 0 Å². The predicted molar refractivity (Wildman–Crippen MR) is 66.8 cm³/mol. The number of rotatable bonds is 6. The van der Waals surface area contributed by atoms with Crippen molar-refractivity contribution in [1.82, 2.24) is 10.2 Å². The molecule has 0 spiro atoms. The van der Waals surface area contributed by atoms with E-state index < -0.39 is 6.43 Å². The Kier molecular flexibility index (Phi) is 4.73. The number of aromatic nitrogens is 2. The molecule has 0 radical (unpaired) electrons. The van der Waals surface area contributed by atoms with Gasteiger partial charge in [0, 0.05) is 0 Å². The SMILES string of the molecule is COc1cccc(Cc2nnc(SCC(F)F)o2)c1. The van der Waals surface area contributed by atoms with E-state index in [1.165, 1.54) is 0 Å². The van der Waals surface area contributed by atoms with E-state index in [9.17, 15) is 8.78 Å². The second-order valence-corrected chi connectivity index (χ2v) is 4.66. The molecule has 0 aliphatic carbocycles. The molecule has 1 aromatic heterocycles. The number of nitrogens with zero attached hydrogens (tertiary/aromatic N) is 2. The number of alkyl halides is 2. The molecule has 7 heteroatoms. The smallest absolute Gasteiger partial charge is 0.276 e. The Morgan fingerprint density at radius 1 is 1.37 bits per heavy atom. The van der Waals surface area contributed by atoms with Crippen molar-refractivity contribution in [3.63, 3.8) is 0 Å². The van der Waals surface area contributed by atoms with Crippen LogP contribution in [0.15, 0.2) is 33.9 Å². The molecular weight excluding hydrogens is 274 g/mol. The Morgan fingerprint density at radius 2 is 2.21 bits per heavy atom. The normalized spacial score (nSPS) is 10.9. The molecule has 0 aliphatic heterocycles. The van der Waals surface area contributed by atoms with Gasteiger partial charge in [-0.1, -0.05) is 23.9 Å². The average molecular weight is 286 g/mol. The molecule has 1 aromatic carbocycles. The van der Waals surface area contributed by atoms with Gasteiger partial charge in [0.1, 0.15) is 5.75 Å². The summed E-state index contributed by atoms with van der Waals surface area (Å²) in [5.41, 5.74) is 0.952. The minimum Gasteiger partial charge on any atom is -0.497 e. The van der Waals surface area contributed by atoms with Gasteiger partial charge in [0.2, 0.25) is 12.3 Å². The fourth-order valence-electron chi connectivity index (χ4n) is 1.46. The number of ether oxygens (including phenoxy) is 1. The number of thioether (sulfide) groups is 1. The van der Waals surface area contributed by atoms with Gasteiger partial charge in [0.05, 0.1) is 19.3 Å². The zero-order chi connectivity index (χ0) is 13.7. The van der Waals surface area contributed by atoms with Crippen LogP contribution < -0.4 is 4.74 Å². The summed E-state index contributed by atoms with van der Waals surface area (Å²) >= 11 is 0.853. The molecule has 0 amide bonds. The highest BCUT2D eigenvalue weighted by Gasteiger charge is 2.11. The maximum Gasteiger partial charge on any atom is 0.276 e. The lowest BCUT2D eigenvalue weighted by Gasteiger charge is -2.01. The zero-order valence-corrected chi connectivity index (χ0v) is 11.0. The van der Waals surface area contributed by atoms with Crippen molar-refractivity contribution in [2.24, 2.45) is 0 Å². The van der Waals surface area contributed by atoms with Crippen LogP contribution in [0.5, 0.6) is 5.75 Å². The molecule has 0 fully saturated rings. The minimum absolute atomic E-state index is 0.165. The molecule has 0 aliphatic rings. The van der Waals surface area contributed by atoms with E-state index in [2.05, 4.69) is 10.2 Å². The third-order valence-corrected chi connectivity index (χ3v) is 3.10. The van der Waals surface area contributed by atoms with Crippen LogP contribution in [0.3, 0.4) is 0 Å². The molecule has 0 N–H and O–H groups in total. The van der Waals surface area contributed by atoms with Crippen LogP contribution in [0.4, 0.5) is 8.78 Å². The van der Waals surface area contributed by atoms with Crippen LogP contribution in [-0.2, 0) is 6.42 Å². The molecule has 1 heterocycles. The maximum absolute atomic E-state index is 12.0. The van der Waals surface area contributed by atoms with E-state index in [0.717, 1.165) is 23.1 Å². The lowest BCUT2D eigenvalue weighted by molar-refractivity contribution is 0.176. The third kappa shape index (κ3) is 4.20. The van der Waals surface area contributed by atoms with Crippen molar-refractivity contribution in [2.45, 2.75) is 18.1 Å². The van der Waals surface area contributed by atoms with Crippen LogP contribution in [0.25, 0.3) is 0 Å². The molecule has 2 aromatic rings. The van der Waals surface area contributed by atoms with Crippen LogP contribution in [0, 0.1) is 0 Å². The molecule has 0 saturated heterocycles. The average Bonchev–Trinajstić information content (AvgIpc) is 2.84. The Balaban J connectivity index is 1.99. The molecule has 4 nitrogen and oxygen atoms in total. The molecule has 2 rings (SSSR count). The Bertz CT molecular complexity index is 534.